The topological polar surface area (TPSA) is 61.4 Å². The Bertz CT molecular complexity index is 3070. The molecule has 0 aliphatic rings. The van der Waals surface area contributed by atoms with Crippen LogP contribution in [0.1, 0.15) is 0 Å². The molecule has 0 aliphatic carbocycles. The first kappa shape index (κ1) is 30.2. The Morgan fingerprint density at radius 1 is 0.333 bits per heavy atom. The molecule has 8 aromatic carbocycles. The Hall–Kier alpha value is -7.44. The van der Waals surface area contributed by atoms with E-state index in [1.54, 1.807) is 0 Å². The molecule has 0 spiro atoms. The highest BCUT2D eigenvalue weighted by atomic mass is 15.2. The van der Waals surface area contributed by atoms with Gasteiger partial charge in [-0.25, -0.2) is 9.97 Å². The molecule has 0 unspecified atom stereocenters. The average molecular weight is 691 g/mol. The molecule has 6 heteroatoms. The van der Waals surface area contributed by atoms with Crippen LogP contribution in [0.3, 0.4) is 0 Å². The molecule has 6 nitrogen and oxygen atoms in total. The Labute approximate surface area is 310 Å². The Morgan fingerprint density at radius 3 is 1.65 bits per heavy atom. The summed E-state index contributed by atoms with van der Waals surface area (Å²) in [7, 11) is 0. The van der Waals surface area contributed by atoms with Crippen LogP contribution in [0.15, 0.2) is 182 Å². The van der Waals surface area contributed by atoms with Crippen molar-refractivity contribution in [3.8, 4) is 56.9 Å². The number of nitrogens with zero attached hydrogens (tertiary/aromatic N) is 6. The van der Waals surface area contributed by atoms with Crippen LogP contribution in [-0.4, -0.2) is 29.1 Å². The van der Waals surface area contributed by atoms with E-state index in [1.165, 1.54) is 32.6 Å². The van der Waals surface area contributed by atoms with Gasteiger partial charge < -0.3 is 4.57 Å². The standard InChI is InChI=1S/C48H30N6/c1-4-13-33(14-5-1)45-50-46(34-15-6-2-7-16-34)52-48(51-45)54-40-21-11-10-20-39(40)49-47(54)35-26-23-31(24-27-35)37-29-36-28-25-32-17-12-22-41-43(32)44(36)42(30-37)53(41)38-18-8-3-9-19-38/h1-30H. The highest BCUT2D eigenvalue weighted by Crippen LogP contribution is 2.41. The second-order valence-electron chi connectivity index (χ2n) is 13.6. The Kier molecular flexibility index (Phi) is 6.75. The van der Waals surface area contributed by atoms with E-state index in [9.17, 15) is 0 Å². The molecule has 252 valence electrons. The van der Waals surface area contributed by atoms with Crippen LogP contribution in [0.4, 0.5) is 0 Å². The SMILES string of the molecule is c1ccc(-c2nc(-c3ccccc3)nc(-n3c(-c4ccc(-c5cc6ccc7cccc8c7c6c(c5)n8-c5ccccc5)cc4)nc4ccccc43)n2)cc1. The number of rotatable bonds is 6. The molecule has 0 saturated heterocycles. The summed E-state index contributed by atoms with van der Waals surface area (Å²) in [6.45, 7) is 0. The molecule has 0 bridgehead atoms. The van der Waals surface area contributed by atoms with Crippen molar-refractivity contribution in [2.75, 3.05) is 0 Å². The van der Waals surface area contributed by atoms with E-state index in [0.29, 0.717) is 17.6 Å². The van der Waals surface area contributed by atoms with E-state index in [-0.39, 0.29) is 0 Å². The third-order valence-corrected chi connectivity index (χ3v) is 10.3. The summed E-state index contributed by atoms with van der Waals surface area (Å²) in [5, 5.41) is 5.08. The lowest BCUT2D eigenvalue weighted by Crippen LogP contribution is -2.07. The van der Waals surface area contributed by atoms with Crippen LogP contribution < -0.4 is 0 Å². The van der Waals surface area contributed by atoms with Crippen molar-refractivity contribution in [2.45, 2.75) is 0 Å². The molecule has 0 aliphatic heterocycles. The van der Waals surface area contributed by atoms with E-state index in [2.05, 4.69) is 112 Å². The van der Waals surface area contributed by atoms with Crippen LogP contribution in [0, 0.1) is 0 Å². The maximum Gasteiger partial charge on any atom is 0.240 e. The predicted molar refractivity (Wildman–Crippen MR) is 219 cm³/mol. The minimum Gasteiger partial charge on any atom is -0.309 e. The lowest BCUT2D eigenvalue weighted by Gasteiger charge is -2.12. The largest absolute Gasteiger partial charge is 0.309 e. The summed E-state index contributed by atoms with van der Waals surface area (Å²) in [6.07, 6.45) is 0. The van der Waals surface area contributed by atoms with E-state index < -0.39 is 0 Å². The molecule has 11 rings (SSSR count). The minimum absolute atomic E-state index is 0.514. The van der Waals surface area contributed by atoms with E-state index in [4.69, 9.17) is 19.9 Å². The van der Waals surface area contributed by atoms with Crippen LogP contribution in [0.5, 0.6) is 0 Å². The molecule has 0 amide bonds. The van der Waals surface area contributed by atoms with E-state index >= 15 is 0 Å². The first-order valence-corrected chi connectivity index (χ1v) is 18.1. The molecular formula is C48H30N6. The molecule has 11 aromatic rings. The number of hydrogen-bond acceptors (Lipinski definition) is 4. The third kappa shape index (κ3) is 4.81. The number of imidazole rings is 1. The normalized spacial score (nSPS) is 11.7. The third-order valence-electron chi connectivity index (χ3n) is 10.3. The van der Waals surface area contributed by atoms with Crippen molar-refractivity contribution < 1.29 is 0 Å². The number of benzene rings is 8. The molecule has 0 fully saturated rings. The van der Waals surface area contributed by atoms with Crippen molar-refractivity contribution in [2.24, 2.45) is 0 Å². The van der Waals surface area contributed by atoms with Gasteiger partial charge in [-0.3, -0.25) is 4.57 Å². The predicted octanol–water partition coefficient (Wildman–Crippen LogP) is 11.6. The number of aromatic nitrogens is 6. The van der Waals surface area contributed by atoms with Crippen molar-refractivity contribution in [1.29, 1.82) is 0 Å². The second-order valence-corrected chi connectivity index (χ2v) is 13.6. The van der Waals surface area contributed by atoms with Crippen molar-refractivity contribution >= 4 is 43.6 Å². The summed E-state index contributed by atoms with van der Waals surface area (Å²) in [6, 6.07) is 63.3. The van der Waals surface area contributed by atoms with Gasteiger partial charge >= 0.3 is 0 Å². The van der Waals surface area contributed by atoms with Crippen LogP contribution in [0.25, 0.3) is 101 Å². The number of hydrogen-bond donors (Lipinski definition) is 0. The highest BCUT2D eigenvalue weighted by Gasteiger charge is 2.21. The molecule has 0 atom stereocenters. The fourth-order valence-corrected chi connectivity index (χ4v) is 7.85. The Morgan fingerprint density at radius 2 is 0.926 bits per heavy atom. The van der Waals surface area contributed by atoms with Gasteiger partial charge in [0.1, 0.15) is 5.82 Å². The molecular weight excluding hydrogens is 661 g/mol. The van der Waals surface area contributed by atoms with Gasteiger partial charge in [-0.15, -0.1) is 0 Å². The fourth-order valence-electron chi connectivity index (χ4n) is 7.85. The Balaban J connectivity index is 1.07. The molecule has 0 N–H and O–H groups in total. The molecule has 3 aromatic heterocycles. The number of para-hydroxylation sites is 3. The fraction of sp³-hybridized carbons (Fsp3) is 0. The van der Waals surface area contributed by atoms with Crippen molar-refractivity contribution in [1.82, 2.24) is 29.1 Å². The summed E-state index contributed by atoms with van der Waals surface area (Å²) in [5.41, 5.74) is 10.4. The van der Waals surface area contributed by atoms with Crippen LogP contribution in [-0.2, 0) is 0 Å². The smallest absolute Gasteiger partial charge is 0.240 e. The first-order chi connectivity index (χ1) is 26.8. The lowest BCUT2D eigenvalue weighted by molar-refractivity contribution is 0.929. The maximum absolute atomic E-state index is 5.16. The summed E-state index contributed by atoms with van der Waals surface area (Å²) >= 11 is 0. The zero-order valence-corrected chi connectivity index (χ0v) is 29.0. The van der Waals surface area contributed by atoms with E-state index in [0.717, 1.165) is 50.4 Å². The molecule has 54 heavy (non-hydrogen) atoms. The van der Waals surface area contributed by atoms with Gasteiger partial charge in [-0.05, 0) is 64.4 Å². The summed E-state index contributed by atoms with van der Waals surface area (Å²) < 4.78 is 4.45. The highest BCUT2D eigenvalue weighted by molar-refractivity contribution is 6.25. The zero-order chi connectivity index (χ0) is 35.6. The molecule has 3 heterocycles. The molecule has 0 radical (unpaired) electrons. The maximum atomic E-state index is 5.16. The lowest BCUT2D eigenvalue weighted by atomic mass is 9.97. The minimum atomic E-state index is 0.514. The van der Waals surface area contributed by atoms with Crippen molar-refractivity contribution in [3.63, 3.8) is 0 Å². The van der Waals surface area contributed by atoms with Gasteiger partial charge in [0.25, 0.3) is 0 Å². The summed E-state index contributed by atoms with van der Waals surface area (Å²) in [4.78, 5) is 20.2. The van der Waals surface area contributed by atoms with Crippen LogP contribution in [0.2, 0.25) is 0 Å². The van der Waals surface area contributed by atoms with E-state index in [1.807, 2.05) is 78.9 Å². The second kappa shape index (κ2) is 12.1. The quantitative estimate of drug-likeness (QED) is 0.163. The van der Waals surface area contributed by atoms with Gasteiger partial charge in [0.05, 0.1) is 22.1 Å². The number of fused-ring (bicyclic) bond motifs is 1. The monoisotopic (exact) mass is 690 g/mol. The van der Waals surface area contributed by atoms with Crippen molar-refractivity contribution in [3.05, 3.63) is 182 Å². The average Bonchev–Trinajstić information content (AvgIpc) is 3.81. The van der Waals surface area contributed by atoms with Gasteiger partial charge in [0, 0.05) is 33.2 Å². The van der Waals surface area contributed by atoms with Gasteiger partial charge in [-0.2, -0.15) is 9.97 Å². The van der Waals surface area contributed by atoms with Gasteiger partial charge in [-0.1, -0.05) is 140 Å². The first-order valence-electron chi connectivity index (χ1n) is 18.1. The van der Waals surface area contributed by atoms with Crippen LogP contribution >= 0.6 is 0 Å². The zero-order valence-electron chi connectivity index (χ0n) is 29.0. The molecule has 0 saturated carbocycles. The summed E-state index contributed by atoms with van der Waals surface area (Å²) in [5.74, 6) is 2.48. The van der Waals surface area contributed by atoms with Gasteiger partial charge in [0.15, 0.2) is 11.6 Å². The van der Waals surface area contributed by atoms with Gasteiger partial charge in [0.2, 0.25) is 5.95 Å².